The van der Waals surface area contributed by atoms with Gasteiger partial charge in [0.15, 0.2) is 5.78 Å². The molecule has 1 heterocycles. The summed E-state index contributed by atoms with van der Waals surface area (Å²) in [6.45, 7) is 3.49. The minimum Gasteiger partial charge on any atom is -0.455 e. The highest BCUT2D eigenvalue weighted by Gasteiger charge is 2.33. The van der Waals surface area contributed by atoms with Crippen LogP contribution < -0.4 is 9.62 Å². The Morgan fingerprint density at radius 2 is 1.57 bits per heavy atom. The van der Waals surface area contributed by atoms with E-state index in [2.05, 4.69) is 5.32 Å². The first-order valence-corrected chi connectivity index (χ1v) is 17.3. The second-order valence-electron chi connectivity index (χ2n) is 11.4. The SMILES string of the molecule is CNC(=O)c1c(-c2ccc(F)cc2)oc2cc(N(CCOCCOCCOCc3ccc(C(C)=O)cc3)S(C)(=O)=O)c(C3CC3)cc12. The Balaban J connectivity index is 1.20. The molecule has 47 heavy (non-hydrogen) atoms. The summed E-state index contributed by atoms with van der Waals surface area (Å²) in [6, 6.07) is 16.4. The molecule has 1 aromatic heterocycles. The number of rotatable bonds is 17. The van der Waals surface area contributed by atoms with Crippen molar-refractivity contribution in [2.75, 3.05) is 57.2 Å². The van der Waals surface area contributed by atoms with Crippen LogP contribution in [0.25, 0.3) is 22.3 Å². The highest BCUT2D eigenvalue weighted by Crippen LogP contribution is 2.48. The average molecular weight is 667 g/mol. The van der Waals surface area contributed by atoms with E-state index in [1.54, 1.807) is 18.2 Å². The van der Waals surface area contributed by atoms with Crippen molar-refractivity contribution in [2.24, 2.45) is 0 Å². The zero-order valence-corrected chi connectivity index (χ0v) is 27.5. The Labute approximate surface area is 273 Å². The molecule has 0 unspecified atom stereocenters. The normalized spacial score (nSPS) is 13.2. The van der Waals surface area contributed by atoms with Crippen LogP contribution in [0.15, 0.2) is 65.1 Å². The third-order valence-corrected chi connectivity index (χ3v) is 9.08. The summed E-state index contributed by atoms with van der Waals surface area (Å²) in [5.74, 6) is -0.328. The number of carbonyl (C=O) groups is 2. The van der Waals surface area contributed by atoms with E-state index in [0.29, 0.717) is 59.8 Å². The first kappa shape index (κ1) is 34.2. The summed E-state index contributed by atoms with van der Waals surface area (Å²) < 4.78 is 64.1. The Bertz CT molecular complexity index is 1820. The quantitative estimate of drug-likeness (QED) is 0.113. The second-order valence-corrected chi connectivity index (χ2v) is 13.3. The van der Waals surface area contributed by atoms with E-state index < -0.39 is 15.8 Å². The minimum absolute atomic E-state index is 0.0196. The van der Waals surface area contributed by atoms with Crippen molar-refractivity contribution in [1.29, 1.82) is 0 Å². The number of nitrogens with zero attached hydrogens (tertiary/aromatic N) is 1. The molecule has 0 saturated heterocycles. The molecule has 0 bridgehead atoms. The fourth-order valence-corrected chi connectivity index (χ4v) is 6.24. The molecule has 10 nitrogen and oxygen atoms in total. The maximum Gasteiger partial charge on any atom is 0.255 e. The van der Waals surface area contributed by atoms with Crippen LogP contribution in [-0.2, 0) is 30.8 Å². The number of sulfonamides is 1. The van der Waals surface area contributed by atoms with Gasteiger partial charge < -0.3 is 23.9 Å². The summed E-state index contributed by atoms with van der Waals surface area (Å²) >= 11 is 0. The molecule has 0 radical (unpaired) electrons. The number of fused-ring (bicyclic) bond motifs is 1. The van der Waals surface area contributed by atoms with Crippen molar-refractivity contribution >= 4 is 38.4 Å². The molecule has 4 aromatic rings. The lowest BCUT2D eigenvalue weighted by Gasteiger charge is -2.25. The zero-order chi connectivity index (χ0) is 33.6. The summed E-state index contributed by atoms with van der Waals surface area (Å²) in [5.41, 5.74) is 4.11. The number of ketones is 1. The number of anilines is 1. The minimum atomic E-state index is -3.71. The summed E-state index contributed by atoms with van der Waals surface area (Å²) in [4.78, 5) is 24.4. The molecule has 3 aromatic carbocycles. The van der Waals surface area contributed by atoms with E-state index >= 15 is 0 Å². The number of nitrogens with one attached hydrogen (secondary N) is 1. The molecular formula is C35H39FN2O8S. The zero-order valence-electron chi connectivity index (χ0n) is 26.7. The van der Waals surface area contributed by atoms with Gasteiger partial charge in [0.25, 0.3) is 5.91 Å². The molecule has 0 atom stereocenters. The van der Waals surface area contributed by atoms with E-state index in [-0.39, 0.29) is 43.1 Å². The van der Waals surface area contributed by atoms with E-state index in [1.807, 2.05) is 18.2 Å². The molecule has 12 heteroatoms. The van der Waals surface area contributed by atoms with Crippen molar-refractivity contribution in [3.8, 4) is 11.3 Å². The van der Waals surface area contributed by atoms with Crippen LogP contribution in [0.4, 0.5) is 10.1 Å². The van der Waals surface area contributed by atoms with Crippen molar-refractivity contribution < 1.29 is 41.0 Å². The Morgan fingerprint density at radius 1 is 0.936 bits per heavy atom. The van der Waals surface area contributed by atoms with Crippen molar-refractivity contribution in [3.63, 3.8) is 0 Å². The number of carbonyl (C=O) groups excluding carboxylic acids is 2. The molecule has 0 aliphatic heterocycles. The van der Waals surface area contributed by atoms with Gasteiger partial charge >= 0.3 is 0 Å². The number of furan rings is 1. The molecule has 250 valence electrons. The number of amides is 1. The second kappa shape index (κ2) is 15.2. The monoisotopic (exact) mass is 666 g/mol. The Kier molecular flexibility index (Phi) is 11.1. The van der Waals surface area contributed by atoms with Crippen LogP contribution in [0.5, 0.6) is 0 Å². The first-order valence-electron chi connectivity index (χ1n) is 15.5. The van der Waals surface area contributed by atoms with Crippen LogP contribution in [0, 0.1) is 5.82 Å². The third kappa shape index (κ3) is 8.63. The Morgan fingerprint density at radius 3 is 2.17 bits per heavy atom. The number of ether oxygens (including phenoxy) is 3. The van der Waals surface area contributed by atoms with Gasteiger partial charge in [0.2, 0.25) is 10.0 Å². The van der Waals surface area contributed by atoms with E-state index in [4.69, 9.17) is 18.6 Å². The molecule has 1 fully saturated rings. The lowest BCUT2D eigenvalue weighted by atomic mass is 10.0. The van der Waals surface area contributed by atoms with Gasteiger partial charge in [0, 0.05) is 29.6 Å². The standard InChI is InChI=1S/C35H39FN2O8S/c1-23(39)25-6-4-24(5-7-25)22-45-19-18-44-17-16-43-15-14-38(47(3,41)42)31-21-32-30(20-29(31)26-8-9-26)33(35(40)37-2)34(46-32)27-10-12-28(36)13-11-27/h4-7,10-13,20-21,26H,8-9,14-19,22H2,1-3H3,(H,37,40). The molecular weight excluding hydrogens is 627 g/mol. The highest BCUT2D eigenvalue weighted by molar-refractivity contribution is 7.92. The van der Waals surface area contributed by atoms with Crippen molar-refractivity contribution in [3.05, 3.63) is 88.7 Å². The lowest BCUT2D eigenvalue weighted by Crippen LogP contribution is -2.34. The third-order valence-electron chi connectivity index (χ3n) is 7.90. The largest absolute Gasteiger partial charge is 0.455 e. The van der Waals surface area contributed by atoms with Gasteiger partial charge in [-0.1, -0.05) is 24.3 Å². The fourth-order valence-electron chi connectivity index (χ4n) is 5.32. The molecule has 1 amide bonds. The lowest BCUT2D eigenvalue weighted by molar-refractivity contribution is 0.0120. The fraction of sp³-hybridized carbons (Fsp3) is 0.371. The predicted molar refractivity (Wildman–Crippen MR) is 177 cm³/mol. The summed E-state index contributed by atoms with van der Waals surface area (Å²) in [6.07, 6.45) is 2.95. The number of halogens is 1. The number of Topliss-reactive ketones (excluding diaryl/α,β-unsaturated/α-hetero) is 1. The summed E-state index contributed by atoms with van der Waals surface area (Å²) in [5, 5.41) is 3.22. The molecule has 1 saturated carbocycles. The maximum atomic E-state index is 13.6. The first-order chi connectivity index (χ1) is 22.6. The smallest absolute Gasteiger partial charge is 0.255 e. The van der Waals surface area contributed by atoms with Gasteiger partial charge in [-0.05, 0) is 67.1 Å². The predicted octanol–water partition coefficient (Wildman–Crippen LogP) is 5.69. The number of hydrogen-bond donors (Lipinski definition) is 1. The van der Waals surface area contributed by atoms with Gasteiger partial charge in [0.1, 0.15) is 17.2 Å². The van der Waals surface area contributed by atoms with Gasteiger partial charge in [-0.3, -0.25) is 13.9 Å². The van der Waals surface area contributed by atoms with E-state index in [0.717, 1.165) is 30.2 Å². The molecule has 1 aliphatic rings. The molecule has 1 aliphatic carbocycles. The number of hydrogen-bond acceptors (Lipinski definition) is 8. The van der Waals surface area contributed by atoms with Gasteiger partial charge in [-0.2, -0.15) is 0 Å². The molecule has 0 spiro atoms. The van der Waals surface area contributed by atoms with Gasteiger partial charge in [0.05, 0.1) is 63.7 Å². The Hall–Kier alpha value is -4.10. The molecule has 1 N–H and O–H groups in total. The van der Waals surface area contributed by atoms with E-state index in [9.17, 15) is 22.4 Å². The average Bonchev–Trinajstić information content (AvgIpc) is 3.83. The van der Waals surface area contributed by atoms with E-state index in [1.165, 1.54) is 42.5 Å². The van der Waals surface area contributed by atoms with Crippen molar-refractivity contribution in [1.82, 2.24) is 5.32 Å². The molecule has 5 rings (SSSR count). The van der Waals surface area contributed by atoms with Crippen LogP contribution in [0.1, 0.15) is 57.5 Å². The van der Waals surface area contributed by atoms with Gasteiger partial charge in [-0.15, -0.1) is 0 Å². The van der Waals surface area contributed by atoms with Crippen LogP contribution >= 0.6 is 0 Å². The highest BCUT2D eigenvalue weighted by atomic mass is 32.2. The van der Waals surface area contributed by atoms with Crippen LogP contribution in [0.3, 0.4) is 0 Å². The number of benzene rings is 3. The van der Waals surface area contributed by atoms with Crippen molar-refractivity contribution in [2.45, 2.75) is 32.3 Å². The topological polar surface area (TPSA) is 124 Å². The van der Waals surface area contributed by atoms with Crippen LogP contribution in [-0.4, -0.2) is 73.0 Å². The maximum absolute atomic E-state index is 13.6. The summed E-state index contributed by atoms with van der Waals surface area (Å²) in [7, 11) is -2.18. The van der Waals surface area contributed by atoms with Gasteiger partial charge in [-0.25, -0.2) is 12.8 Å². The van der Waals surface area contributed by atoms with Crippen LogP contribution in [0.2, 0.25) is 0 Å².